The number of ether oxygens (including phenoxy) is 1. The Morgan fingerprint density at radius 3 is 2.27 bits per heavy atom. The predicted molar refractivity (Wildman–Crippen MR) is 117 cm³/mol. The highest BCUT2D eigenvalue weighted by Gasteiger charge is 2.19. The Kier molecular flexibility index (Phi) is 6.06. The minimum Gasteiger partial charge on any atom is -0.508 e. The highest BCUT2D eigenvalue weighted by Crippen LogP contribution is 2.27. The van der Waals surface area contributed by atoms with E-state index in [9.17, 15) is 9.90 Å². The number of benzene rings is 2. The molecule has 1 saturated heterocycles. The number of hydrogen-bond acceptors (Lipinski definition) is 6. The summed E-state index contributed by atoms with van der Waals surface area (Å²) in [5.74, 6) is 1.06. The van der Waals surface area contributed by atoms with Gasteiger partial charge in [-0.3, -0.25) is 9.80 Å². The van der Waals surface area contributed by atoms with Gasteiger partial charge in [-0.2, -0.15) is 0 Å². The minimum atomic E-state index is -0.376. The number of phenols is 1. The average molecular weight is 408 g/mol. The van der Waals surface area contributed by atoms with Crippen molar-refractivity contribution in [2.24, 2.45) is 0 Å². The van der Waals surface area contributed by atoms with Crippen molar-refractivity contribution >= 4 is 11.0 Å². The normalized spacial score (nSPS) is 15.5. The van der Waals surface area contributed by atoms with Crippen molar-refractivity contribution in [3.63, 3.8) is 0 Å². The highest BCUT2D eigenvalue weighted by molar-refractivity contribution is 5.82. The van der Waals surface area contributed by atoms with Crippen molar-refractivity contribution < 1.29 is 14.3 Å². The molecule has 6 nitrogen and oxygen atoms in total. The van der Waals surface area contributed by atoms with E-state index in [2.05, 4.69) is 21.9 Å². The van der Waals surface area contributed by atoms with Gasteiger partial charge in [0, 0.05) is 56.8 Å². The molecule has 4 rings (SSSR count). The molecular weight excluding hydrogens is 380 g/mol. The molecule has 0 bridgehead atoms. The van der Waals surface area contributed by atoms with Crippen LogP contribution < -0.4 is 10.4 Å². The topological polar surface area (TPSA) is 66.2 Å². The van der Waals surface area contributed by atoms with Crippen LogP contribution in [0.5, 0.6) is 11.5 Å². The third kappa shape index (κ3) is 4.50. The first-order chi connectivity index (χ1) is 14.6. The number of fused-ring (bicyclic) bond motifs is 1. The number of aromatic hydroxyl groups is 1. The maximum atomic E-state index is 12.0. The fourth-order valence-electron chi connectivity index (χ4n) is 4.06. The Labute approximate surface area is 176 Å². The molecule has 1 fully saturated rings. The highest BCUT2D eigenvalue weighted by atomic mass is 16.5. The van der Waals surface area contributed by atoms with Gasteiger partial charge in [-0.25, -0.2) is 4.79 Å². The first kappa shape index (κ1) is 20.4. The van der Waals surface area contributed by atoms with Crippen molar-refractivity contribution in [2.75, 3.05) is 33.3 Å². The van der Waals surface area contributed by atoms with Crippen LogP contribution in [-0.2, 0) is 19.5 Å². The summed E-state index contributed by atoms with van der Waals surface area (Å²) in [6, 6.07) is 13.3. The van der Waals surface area contributed by atoms with Crippen molar-refractivity contribution in [2.45, 2.75) is 26.4 Å². The van der Waals surface area contributed by atoms with E-state index in [1.807, 2.05) is 25.1 Å². The molecule has 6 heteroatoms. The number of methoxy groups -OCH3 is 1. The van der Waals surface area contributed by atoms with Gasteiger partial charge in [0.2, 0.25) is 0 Å². The van der Waals surface area contributed by atoms with Crippen molar-refractivity contribution in [1.29, 1.82) is 0 Å². The fraction of sp³-hybridized carbons (Fsp3) is 0.375. The molecule has 2 heterocycles. The number of rotatable bonds is 6. The molecule has 1 aliphatic heterocycles. The first-order valence-corrected chi connectivity index (χ1v) is 10.4. The van der Waals surface area contributed by atoms with Crippen LogP contribution in [0.3, 0.4) is 0 Å². The molecule has 2 aromatic carbocycles. The predicted octanol–water partition coefficient (Wildman–Crippen LogP) is 3.39. The molecule has 0 unspecified atom stereocenters. The van der Waals surface area contributed by atoms with Gasteiger partial charge >= 0.3 is 5.63 Å². The zero-order valence-corrected chi connectivity index (χ0v) is 17.6. The number of nitrogens with zero attached hydrogens (tertiary/aromatic N) is 2. The summed E-state index contributed by atoms with van der Waals surface area (Å²) in [4.78, 5) is 16.8. The van der Waals surface area contributed by atoms with Gasteiger partial charge in [0.15, 0.2) is 0 Å². The van der Waals surface area contributed by atoms with Gasteiger partial charge in [-0.1, -0.05) is 19.1 Å². The van der Waals surface area contributed by atoms with E-state index in [0.717, 1.165) is 61.4 Å². The van der Waals surface area contributed by atoms with Crippen molar-refractivity contribution in [3.8, 4) is 11.5 Å². The summed E-state index contributed by atoms with van der Waals surface area (Å²) >= 11 is 0. The zero-order chi connectivity index (χ0) is 21.1. The SMILES string of the molecule is CCc1cc2c(CN3CCN(Cc4ccc(OC)cc4)CC3)cc(=O)oc2cc1O. The average Bonchev–Trinajstić information content (AvgIpc) is 2.75. The summed E-state index contributed by atoms with van der Waals surface area (Å²) in [5, 5.41) is 11.0. The van der Waals surface area contributed by atoms with E-state index in [1.165, 1.54) is 5.56 Å². The van der Waals surface area contributed by atoms with E-state index in [4.69, 9.17) is 9.15 Å². The quantitative estimate of drug-likeness (QED) is 0.631. The summed E-state index contributed by atoms with van der Waals surface area (Å²) in [7, 11) is 1.68. The van der Waals surface area contributed by atoms with Crippen LogP contribution in [0.15, 0.2) is 51.7 Å². The Bertz CT molecular complexity index is 1070. The van der Waals surface area contributed by atoms with Gasteiger partial charge < -0.3 is 14.3 Å². The molecule has 1 N–H and O–H groups in total. The lowest BCUT2D eigenvalue weighted by atomic mass is 10.0. The minimum absolute atomic E-state index is 0.178. The Morgan fingerprint density at radius 2 is 1.63 bits per heavy atom. The lowest BCUT2D eigenvalue weighted by Crippen LogP contribution is -2.45. The van der Waals surface area contributed by atoms with Crippen LogP contribution in [0.2, 0.25) is 0 Å². The van der Waals surface area contributed by atoms with Gasteiger partial charge in [0.1, 0.15) is 17.1 Å². The Hall–Kier alpha value is -2.83. The molecule has 158 valence electrons. The molecule has 0 spiro atoms. The third-order valence-electron chi connectivity index (χ3n) is 5.83. The molecule has 0 amide bonds. The second-order valence-electron chi connectivity index (χ2n) is 7.82. The molecule has 30 heavy (non-hydrogen) atoms. The van der Waals surface area contributed by atoms with E-state index < -0.39 is 0 Å². The number of hydrogen-bond donors (Lipinski definition) is 1. The maximum Gasteiger partial charge on any atom is 0.336 e. The number of piperazine rings is 1. The summed E-state index contributed by atoms with van der Waals surface area (Å²) in [6.45, 7) is 7.47. The lowest BCUT2D eigenvalue weighted by Gasteiger charge is -2.34. The van der Waals surface area contributed by atoms with E-state index in [0.29, 0.717) is 12.1 Å². The largest absolute Gasteiger partial charge is 0.508 e. The van der Waals surface area contributed by atoms with E-state index >= 15 is 0 Å². The van der Waals surface area contributed by atoms with Gasteiger partial charge in [-0.05, 0) is 41.3 Å². The second kappa shape index (κ2) is 8.90. The Balaban J connectivity index is 1.43. The number of aryl methyl sites for hydroxylation is 1. The smallest absolute Gasteiger partial charge is 0.336 e. The molecule has 0 saturated carbocycles. The molecule has 0 atom stereocenters. The van der Waals surface area contributed by atoms with Crippen LogP contribution >= 0.6 is 0 Å². The summed E-state index contributed by atoms with van der Waals surface area (Å²) in [6.07, 6.45) is 0.727. The van der Waals surface area contributed by atoms with Gasteiger partial charge in [0.25, 0.3) is 0 Å². The Morgan fingerprint density at radius 1 is 0.967 bits per heavy atom. The van der Waals surface area contributed by atoms with Crippen LogP contribution in [-0.4, -0.2) is 48.2 Å². The molecule has 0 aliphatic carbocycles. The van der Waals surface area contributed by atoms with E-state index in [1.54, 1.807) is 19.2 Å². The van der Waals surface area contributed by atoms with Crippen LogP contribution in [0.1, 0.15) is 23.6 Å². The van der Waals surface area contributed by atoms with Crippen molar-refractivity contribution in [1.82, 2.24) is 9.80 Å². The first-order valence-electron chi connectivity index (χ1n) is 10.4. The van der Waals surface area contributed by atoms with Crippen LogP contribution in [0.25, 0.3) is 11.0 Å². The molecule has 0 radical (unpaired) electrons. The van der Waals surface area contributed by atoms with Crippen molar-refractivity contribution in [3.05, 3.63) is 69.6 Å². The second-order valence-corrected chi connectivity index (χ2v) is 7.82. The monoisotopic (exact) mass is 408 g/mol. The lowest BCUT2D eigenvalue weighted by molar-refractivity contribution is 0.122. The molecular formula is C24H28N2O4. The third-order valence-corrected chi connectivity index (χ3v) is 5.83. The fourth-order valence-corrected chi connectivity index (χ4v) is 4.06. The van der Waals surface area contributed by atoms with Crippen LogP contribution in [0, 0.1) is 0 Å². The van der Waals surface area contributed by atoms with Gasteiger partial charge in [-0.15, -0.1) is 0 Å². The van der Waals surface area contributed by atoms with Crippen LogP contribution in [0.4, 0.5) is 0 Å². The van der Waals surface area contributed by atoms with Gasteiger partial charge in [0.05, 0.1) is 7.11 Å². The summed E-state index contributed by atoms with van der Waals surface area (Å²) in [5.41, 5.74) is 3.17. The molecule has 1 aliphatic rings. The summed E-state index contributed by atoms with van der Waals surface area (Å²) < 4.78 is 10.5. The zero-order valence-electron chi connectivity index (χ0n) is 17.6. The number of phenolic OH excluding ortho intramolecular Hbond substituents is 1. The standard InChI is InChI=1S/C24H28N2O4/c1-3-18-12-21-19(13-24(28)30-23(21)14-22(18)27)16-26-10-8-25(9-11-26)15-17-4-6-20(29-2)7-5-17/h4-7,12-14,27H,3,8-11,15-16H2,1-2H3. The van der Waals surface area contributed by atoms with E-state index in [-0.39, 0.29) is 11.4 Å². The molecule has 1 aromatic heterocycles. The molecule has 3 aromatic rings. The maximum absolute atomic E-state index is 12.0.